The summed E-state index contributed by atoms with van der Waals surface area (Å²) in [5.74, 6) is -0.986. The molecule has 3 nitrogen and oxygen atoms in total. The zero-order valence-electron chi connectivity index (χ0n) is 8.73. The summed E-state index contributed by atoms with van der Waals surface area (Å²) < 4.78 is 76.6. The van der Waals surface area contributed by atoms with Crippen LogP contribution in [0.4, 0.5) is 26.3 Å². The lowest BCUT2D eigenvalue weighted by Crippen LogP contribution is -2.20. The Balaban J connectivity index is 3.15. The van der Waals surface area contributed by atoms with Crippen molar-refractivity contribution in [3.63, 3.8) is 0 Å². The molecular weight excluding hydrogens is 254 g/mol. The lowest BCUT2D eigenvalue weighted by Gasteiger charge is -2.12. The van der Waals surface area contributed by atoms with Gasteiger partial charge in [-0.15, -0.1) is 13.2 Å². The lowest BCUT2D eigenvalue weighted by atomic mass is 10.4. The molecule has 9 heteroatoms. The summed E-state index contributed by atoms with van der Waals surface area (Å²) in [5, 5.41) is 3.03. The number of alkyl halides is 6. The van der Waals surface area contributed by atoms with Gasteiger partial charge in [0.25, 0.3) is 0 Å². The van der Waals surface area contributed by atoms with E-state index in [4.69, 9.17) is 0 Å². The van der Waals surface area contributed by atoms with Gasteiger partial charge in [0, 0.05) is 6.07 Å². The Morgan fingerprint density at radius 3 is 2.06 bits per heavy atom. The van der Waals surface area contributed by atoms with Crippen molar-refractivity contribution in [3.05, 3.63) is 11.8 Å². The maximum atomic E-state index is 12.3. The third-order valence-electron chi connectivity index (χ3n) is 1.70. The summed E-state index contributed by atoms with van der Waals surface area (Å²) >= 11 is 0. The Morgan fingerprint density at radius 1 is 1.18 bits per heavy atom. The Bertz CT molecular complexity index is 392. The van der Waals surface area contributed by atoms with Crippen LogP contribution in [0, 0.1) is 0 Å². The molecule has 1 rings (SSSR count). The summed E-state index contributed by atoms with van der Waals surface area (Å²) in [5.41, 5.74) is -1.43. The van der Waals surface area contributed by atoms with E-state index >= 15 is 0 Å². The number of nitrogens with zero attached hydrogens (tertiary/aromatic N) is 2. The molecule has 0 aliphatic carbocycles. The molecule has 17 heavy (non-hydrogen) atoms. The summed E-state index contributed by atoms with van der Waals surface area (Å²) in [6, 6.07) is -0.475. The molecule has 0 saturated carbocycles. The van der Waals surface area contributed by atoms with Crippen LogP contribution >= 0.6 is 0 Å². The highest BCUT2D eigenvalue weighted by Gasteiger charge is 2.39. The molecule has 98 valence electrons. The molecule has 1 aromatic rings. The Hall–Kier alpha value is -1.41. The van der Waals surface area contributed by atoms with Crippen LogP contribution in [0.5, 0.6) is 5.88 Å². The fraction of sp³-hybridized carbons (Fsp3) is 0.625. The quantitative estimate of drug-likeness (QED) is 0.764. The van der Waals surface area contributed by atoms with Gasteiger partial charge in [-0.2, -0.15) is 18.3 Å². The lowest BCUT2D eigenvalue weighted by molar-refractivity contribution is -0.277. The molecule has 0 amide bonds. The molecule has 0 aliphatic heterocycles. The van der Waals surface area contributed by atoms with E-state index in [2.05, 4.69) is 9.84 Å². The fourth-order valence-electron chi connectivity index (χ4n) is 1.08. The van der Waals surface area contributed by atoms with E-state index in [0.717, 1.165) is 0 Å². The largest absolute Gasteiger partial charge is 0.574 e. The van der Waals surface area contributed by atoms with E-state index in [1.165, 1.54) is 13.8 Å². The summed E-state index contributed by atoms with van der Waals surface area (Å²) in [6.45, 7) is 2.77. The van der Waals surface area contributed by atoms with Crippen LogP contribution in [0.1, 0.15) is 25.6 Å². The van der Waals surface area contributed by atoms with Gasteiger partial charge in [0.2, 0.25) is 5.88 Å². The van der Waals surface area contributed by atoms with Crippen LogP contribution in [0.25, 0.3) is 0 Å². The highest BCUT2D eigenvalue weighted by atomic mass is 19.4. The third kappa shape index (κ3) is 3.53. The number of rotatable bonds is 2. The molecule has 0 saturated heterocycles. The first-order valence-electron chi connectivity index (χ1n) is 4.43. The van der Waals surface area contributed by atoms with Crippen LogP contribution < -0.4 is 4.74 Å². The molecule has 0 fully saturated rings. The average molecular weight is 262 g/mol. The predicted octanol–water partition coefficient (Wildman–Crippen LogP) is 3.38. The van der Waals surface area contributed by atoms with E-state index < -0.39 is 30.2 Å². The van der Waals surface area contributed by atoms with Crippen molar-refractivity contribution in [1.82, 2.24) is 9.78 Å². The first-order chi connectivity index (χ1) is 7.50. The van der Waals surface area contributed by atoms with Gasteiger partial charge in [-0.1, -0.05) is 0 Å². The molecule has 0 bridgehead atoms. The van der Waals surface area contributed by atoms with Crippen LogP contribution in [-0.2, 0) is 6.18 Å². The van der Waals surface area contributed by atoms with Crippen molar-refractivity contribution in [2.24, 2.45) is 0 Å². The van der Waals surface area contributed by atoms with Crippen molar-refractivity contribution >= 4 is 0 Å². The molecule has 1 heterocycles. The Morgan fingerprint density at radius 2 is 1.71 bits per heavy atom. The highest BCUT2D eigenvalue weighted by Crippen LogP contribution is 2.33. The topological polar surface area (TPSA) is 27.1 Å². The molecule has 0 aromatic carbocycles. The van der Waals surface area contributed by atoms with Crippen LogP contribution in [-0.4, -0.2) is 16.1 Å². The van der Waals surface area contributed by atoms with Gasteiger partial charge in [-0.25, -0.2) is 4.68 Å². The van der Waals surface area contributed by atoms with Crippen LogP contribution in [0.15, 0.2) is 6.07 Å². The zero-order valence-corrected chi connectivity index (χ0v) is 8.73. The van der Waals surface area contributed by atoms with Gasteiger partial charge in [-0.05, 0) is 13.8 Å². The summed E-state index contributed by atoms with van der Waals surface area (Å²) in [6.07, 6.45) is -9.88. The molecule has 0 aliphatic rings. The number of hydrogen-bond donors (Lipinski definition) is 0. The zero-order chi connectivity index (χ0) is 13.4. The fourth-order valence-corrected chi connectivity index (χ4v) is 1.08. The van der Waals surface area contributed by atoms with Gasteiger partial charge in [0.1, 0.15) is 0 Å². The second-order valence-corrected chi connectivity index (χ2v) is 3.45. The van der Waals surface area contributed by atoms with Crippen molar-refractivity contribution in [2.75, 3.05) is 0 Å². The molecule has 0 spiro atoms. The van der Waals surface area contributed by atoms with E-state index in [1.54, 1.807) is 0 Å². The van der Waals surface area contributed by atoms with E-state index in [1.807, 2.05) is 0 Å². The molecule has 1 aromatic heterocycles. The second-order valence-electron chi connectivity index (χ2n) is 3.45. The molecule has 0 radical (unpaired) electrons. The minimum atomic E-state index is -5.06. The smallest absolute Gasteiger partial charge is 0.388 e. The predicted molar refractivity (Wildman–Crippen MR) is 44.3 cm³/mol. The highest BCUT2D eigenvalue weighted by molar-refractivity contribution is 5.19. The average Bonchev–Trinajstić information content (AvgIpc) is 2.43. The van der Waals surface area contributed by atoms with Crippen molar-refractivity contribution in [1.29, 1.82) is 0 Å². The van der Waals surface area contributed by atoms with Crippen molar-refractivity contribution in [3.8, 4) is 5.88 Å². The molecule has 0 atom stereocenters. The van der Waals surface area contributed by atoms with Crippen molar-refractivity contribution < 1.29 is 31.1 Å². The maximum Gasteiger partial charge on any atom is 0.574 e. The van der Waals surface area contributed by atoms with Gasteiger partial charge in [0.15, 0.2) is 5.69 Å². The standard InChI is InChI=1S/C8H8F6N2O/c1-4(2)16-6(17-8(12,13)14)3-5(15-16)7(9,10)11/h3-4H,1-2H3. The first kappa shape index (κ1) is 13.7. The minimum Gasteiger partial charge on any atom is -0.388 e. The van der Waals surface area contributed by atoms with Gasteiger partial charge >= 0.3 is 12.5 Å². The summed E-state index contributed by atoms with van der Waals surface area (Å²) in [7, 11) is 0. The van der Waals surface area contributed by atoms with Crippen LogP contribution in [0.2, 0.25) is 0 Å². The first-order valence-corrected chi connectivity index (χ1v) is 4.43. The number of aromatic nitrogens is 2. The second kappa shape index (κ2) is 4.11. The molecule has 0 unspecified atom stereocenters. The third-order valence-corrected chi connectivity index (χ3v) is 1.70. The van der Waals surface area contributed by atoms with E-state index in [0.29, 0.717) is 4.68 Å². The number of halogens is 6. The molecular formula is C8H8F6N2O. The Kier molecular flexibility index (Phi) is 3.30. The monoisotopic (exact) mass is 262 g/mol. The van der Waals surface area contributed by atoms with E-state index in [9.17, 15) is 26.3 Å². The number of ether oxygens (including phenoxy) is 1. The van der Waals surface area contributed by atoms with Gasteiger partial charge < -0.3 is 4.74 Å². The normalized spacial score (nSPS) is 13.2. The molecule has 0 N–H and O–H groups in total. The van der Waals surface area contributed by atoms with E-state index in [-0.39, 0.29) is 6.07 Å². The Labute approximate surface area is 92.0 Å². The van der Waals surface area contributed by atoms with Crippen molar-refractivity contribution in [2.45, 2.75) is 32.4 Å². The SMILES string of the molecule is CC(C)n1nc(C(F)(F)F)cc1OC(F)(F)F. The van der Waals surface area contributed by atoms with Crippen LogP contribution in [0.3, 0.4) is 0 Å². The van der Waals surface area contributed by atoms with Gasteiger partial charge in [0.05, 0.1) is 6.04 Å². The maximum absolute atomic E-state index is 12.3. The summed E-state index contributed by atoms with van der Waals surface area (Å²) in [4.78, 5) is 0. The number of hydrogen-bond acceptors (Lipinski definition) is 2. The van der Waals surface area contributed by atoms with Gasteiger partial charge in [-0.3, -0.25) is 0 Å². The minimum absolute atomic E-state index is 0.216.